The largest absolute Gasteiger partial charge is 0.346 e. The van der Waals surface area contributed by atoms with Crippen LogP contribution in [0.5, 0.6) is 0 Å². The van der Waals surface area contributed by atoms with Crippen LogP contribution in [0.15, 0.2) is 6.20 Å². The molecule has 0 fully saturated rings. The highest BCUT2D eigenvalue weighted by molar-refractivity contribution is 5.73. The van der Waals surface area contributed by atoms with Gasteiger partial charge in [-0.05, 0) is 12.3 Å². The molecule has 2 amide bonds. The monoisotopic (exact) mass is 238 g/mol. The number of hydrogen-bond donors (Lipinski definition) is 3. The van der Waals surface area contributed by atoms with Crippen LogP contribution < -0.4 is 10.6 Å². The van der Waals surface area contributed by atoms with Crippen molar-refractivity contribution in [3.8, 4) is 0 Å². The van der Waals surface area contributed by atoms with Crippen LogP contribution in [0.4, 0.5) is 4.79 Å². The zero-order chi connectivity index (χ0) is 12.9. The summed E-state index contributed by atoms with van der Waals surface area (Å²) in [5.74, 6) is 0.900. The molecule has 96 valence electrons. The maximum absolute atomic E-state index is 11.4. The number of hydrogen-bond acceptors (Lipinski definition) is 2. The van der Waals surface area contributed by atoms with Crippen LogP contribution in [0.2, 0.25) is 0 Å². The molecule has 0 atom stereocenters. The van der Waals surface area contributed by atoms with Crippen LogP contribution in [-0.2, 0) is 6.42 Å². The number of amides is 2. The number of carbonyl (C=O) groups excluding carboxylic acids is 1. The Bertz CT molecular complexity index is 365. The standard InChI is InChI=1S/C12H22N4O/c1-9-14-7-10(16-9)5-6-13-11(17)15-8-12(2,3)4/h7H,5-6,8H2,1-4H3,(H,14,16)(H2,13,15,17). The molecule has 1 rings (SSSR count). The van der Waals surface area contributed by atoms with E-state index in [9.17, 15) is 4.79 Å². The Hall–Kier alpha value is -1.52. The first-order chi connectivity index (χ1) is 7.87. The molecule has 0 saturated carbocycles. The maximum atomic E-state index is 11.4. The summed E-state index contributed by atoms with van der Waals surface area (Å²) in [5, 5.41) is 5.65. The van der Waals surface area contributed by atoms with Gasteiger partial charge in [-0.3, -0.25) is 0 Å². The van der Waals surface area contributed by atoms with E-state index in [-0.39, 0.29) is 11.4 Å². The van der Waals surface area contributed by atoms with Crippen LogP contribution in [0, 0.1) is 12.3 Å². The van der Waals surface area contributed by atoms with Crippen molar-refractivity contribution >= 4 is 6.03 Å². The maximum Gasteiger partial charge on any atom is 0.314 e. The SMILES string of the molecule is Cc1ncc(CCNC(=O)NCC(C)(C)C)[nH]1. The number of imidazole rings is 1. The van der Waals surface area contributed by atoms with E-state index in [0.717, 1.165) is 17.9 Å². The van der Waals surface area contributed by atoms with Crippen molar-refractivity contribution in [2.24, 2.45) is 5.41 Å². The third kappa shape index (κ3) is 5.94. The van der Waals surface area contributed by atoms with Crippen LogP contribution in [0.1, 0.15) is 32.3 Å². The van der Waals surface area contributed by atoms with Crippen molar-refractivity contribution in [2.75, 3.05) is 13.1 Å². The molecule has 0 aliphatic heterocycles. The Morgan fingerprint density at radius 3 is 2.65 bits per heavy atom. The van der Waals surface area contributed by atoms with Gasteiger partial charge in [-0.2, -0.15) is 0 Å². The second-order valence-electron chi connectivity index (χ2n) is 5.41. The molecule has 5 heteroatoms. The molecule has 0 spiro atoms. The van der Waals surface area contributed by atoms with E-state index in [2.05, 4.69) is 41.4 Å². The van der Waals surface area contributed by atoms with Gasteiger partial charge in [0.15, 0.2) is 0 Å². The fourth-order valence-corrected chi connectivity index (χ4v) is 1.32. The second kappa shape index (κ2) is 5.70. The highest BCUT2D eigenvalue weighted by atomic mass is 16.2. The molecule has 3 N–H and O–H groups in total. The minimum absolute atomic E-state index is 0.109. The van der Waals surface area contributed by atoms with Crippen LogP contribution in [-0.4, -0.2) is 29.1 Å². The smallest absolute Gasteiger partial charge is 0.314 e. The predicted octanol–water partition coefficient (Wildman–Crippen LogP) is 1.61. The molecule has 0 radical (unpaired) electrons. The molecule has 0 aromatic carbocycles. The van der Waals surface area contributed by atoms with E-state index in [0.29, 0.717) is 13.1 Å². The van der Waals surface area contributed by atoms with E-state index in [1.807, 2.05) is 6.92 Å². The van der Waals surface area contributed by atoms with E-state index < -0.39 is 0 Å². The minimum atomic E-state index is -0.115. The molecule has 0 unspecified atom stereocenters. The molecular weight excluding hydrogens is 216 g/mol. The average Bonchev–Trinajstić information content (AvgIpc) is 2.60. The summed E-state index contributed by atoms with van der Waals surface area (Å²) in [6, 6.07) is -0.115. The molecule has 1 aromatic heterocycles. The molecule has 5 nitrogen and oxygen atoms in total. The molecular formula is C12H22N4O. The highest BCUT2D eigenvalue weighted by Crippen LogP contribution is 2.09. The van der Waals surface area contributed by atoms with Gasteiger partial charge < -0.3 is 15.6 Å². The van der Waals surface area contributed by atoms with Crippen LogP contribution >= 0.6 is 0 Å². The third-order valence-electron chi connectivity index (χ3n) is 2.21. The van der Waals surface area contributed by atoms with Crippen molar-refractivity contribution in [3.63, 3.8) is 0 Å². The Labute approximate surface area is 102 Å². The number of aromatic nitrogens is 2. The Balaban J connectivity index is 2.16. The third-order valence-corrected chi connectivity index (χ3v) is 2.21. The number of nitrogens with one attached hydrogen (secondary N) is 3. The quantitative estimate of drug-likeness (QED) is 0.745. The normalized spacial score (nSPS) is 11.3. The van der Waals surface area contributed by atoms with Gasteiger partial charge in [0.1, 0.15) is 5.82 Å². The summed E-state index contributed by atoms with van der Waals surface area (Å²) in [4.78, 5) is 18.7. The van der Waals surface area contributed by atoms with Gasteiger partial charge in [-0.25, -0.2) is 9.78 Å². The molecule has 17 heavy (non-hydrogen) atoms. The number of urea groups is 1. The van der Waals surface area contributed by atoms with Gasteiger partial charge in [-0.1, -0.05) is 20.8 Å². The lowest BCUT2D eigenvalue weighted by Gasteiger charge is -2.18. The van der Waals surface area contributed by atoms with E-state index in [1.54, 1.807) is 6.20 Å². The van der Waals surface area contributed by atoms with E-state index >= 15 is 0 Å². The van der Waals surface area contributed by atoms with Gasteiger partial charge in [0.05, 0.1) is 0 Å². The van der Waals surface area contributed by atoms with Crippen molar-refractivity contribution in [3.05, 3.63) is 17.7 Å². The summed E-state index contributed by atoms with van der Waals surface area (Å²) in [7, 11) is 0. The lowest BCUT2D eigenvalue weighted by molar-refractivity contribution is 0.235. The fourth-order valence-electron chi connectivity index (χ4n) is 1.32. The lowest BCUT2D eigenvalue weighted by Crippen LogP contribution is -2.40. The van der Waals surface area contributed by atoms with Gasteiger partial charge in [0.25, 0.3) is 0 Å². The first-order valence-corrected chi connectivity index (χ1v) is 5.89. The molecule has 0 bridgehead atoms. The predicted molar refractivity (Wildman–Crippen MR) is 67.9 cm³/mol. The highest BCUT2D eigenvalue weighted by Gasteiger charge is 2.11. The minimum Gasteiger partial charge on any atom is -0.346 e. The van der Waals surface area contributed by atoms with Crippen molar-refractivity contribution < 1.29 is 4.79 Å². The average molecular weight is 238 g/mol. The molecule has 0 aliphatic carbocycles. The molecule has 1 aromatic rings. The Morgan fingerprint density at radius 2 is 2.12 bits per heavy atom. The number of H-pyrrole nitrogens is 1. The molecule has 0 aliphatic rings. The second-order valence-corrected chi connectivity index (χ2v) is 5.41. The lowest BCUT2D eigenvalue weighted by atomic mass is 9.97. The zero-order valence-corrected chi connectivity index (χ0v) is 11.1. The van der Waals surface area contributed by atoms with E-state index in [1.165, 1.54) is 0 Å². The van der Waals surface area contributed by atoms with Crippen LogP contribution in [0.25, 0.3) is 0 Å². The van der Waals surface area contributed by atoms with Crippen LogP contribution in [0.3, 0.4) is 0 Å². The van der Waals surface area contributed by atoms with Crippen molar-refractivity contribution in [1.82, 2.24) is 20.6 Å². The number of carbonyl (C=O) groups is 1. The topological polar surface area (TPSA) is 69.8 Å². The van der Waals surface area contributed by atoms with E-state index in [4.69, 9.17) is 0 Å². The summed E-state index contributed by atoms with van der Waals surface area (Å²) >= 11 is 0. The molecule has 1 heterocycles. The van der Waals surface area contributed by atoms with Crippen molar-refractivity contribution in [1.29, 1.82) is 0 Å². The summed E-state index contributed by atoms with van der Waals surface area (Å²) in [6.07, 6.45) is 2.56. The summed E-state index contributed by atoms with van der Waals surface area (Å²) in [6.45, 7) is 9.44. The first-order valence-electron chi connectivity index (χ1n) is 5.89. The number of aryl methyl sites for hydroxylation is 1. The number of aromatic amines is 1. The number of nitrogens with zero attached hydrogens (tertiary/aromatic N) is 1. The zero-order valence-electron chi connectivity index (χ0n) is 11.1. The molecule has 0 saturated heterocycles. The Kier molecular flexibility index (Phi) is 4.54. The first kappa shape index (κ1) is 13.5. The van der Waals surface area contributed by atoms with Gasteiger partial charge in [0, 0.05) is 31.4 Å². The fraction of sp³-hybridized carbons (Fsp3) is 0.667. The summed E-state index contributed by atoms with van der Waals surface area (Å²) < 4.78 is 0. The number of rotatable bonds is 4. The van der Waals surface area contributed by atoms with Crippen molar-refractivity contribution in [2.45, 2.75) is 34.1 Å². The van der Waals surface area contributed by atoms with Gasteiger partial charge >= 0.3 is 6.03 Å². The van der Waals surface area contributed by atoms with Gasteiger partial charge in [0.2, 0.25) is 0 Å². The Morgan fingerprint density at radius 1 is 1.41 bits per heavy atom. The van der Waals surface area contributed by atoms with Gasteiger partial charge in [-0.15, -0.1) is 0 Å². The summed E-state index contributed by atoms with van der Waals surface area (Å²) in [5.41, 5.74) is 1.15.